The van der Waals surface area contributed by atoms with Gasteiger partial charge in [-0.05, 0) is 129 Å². The number of nitrogens with one attached hydrogen (secondary N) is 2. The molecule has 2 rings (SSSR count). The van der Waals surface area contributed by atoms with Gasteiger partial charge in [-0.3, -0.25) is 14.4 Å². The summed E-state index contributed by atoms with van der Waals surface area (Å²) >= 11 is 0. The first-order chi connectivity index (χ1) is 45.7. The molecule has 0 spiro atoms. The highest BCUT2D eigenvalue weighted by Gasteiger charge is 2.49. The van der Waals surface area contributed by atoms with Gasteiger partial charge in [0.25, 0.3) is 0 Å². The summed E-state index contributed by atoms with van der Waals surface area (Å²) in [5.74, 6) is -1.43. The van der Waals surface area contributed by atoms with E-state index in [-0.39, 0.29) is 50.1 Å². The van der Waals surface area contributed by atoms with E-state index in [0.717, 1.165) is 83.5 Å². The number of methoxy groups -OCH3 is 2. The van der Waals surface area contributed by atoms with Crippen LogP contribution < -0.4 is 10.6 Å². The molecule has 19 nitrogen and oxygen atoms in total. The normalized spacial score (nSPS) is 23.0. The molecule has 2 fully saturated rings. The summed E-state index contributed by atoms with van der Waals surface area (Å²) < 4.78 is 37.8. The maximum Gasteiger partial charge on any atom is 0.408 e. The molecule has 0 aliphatic carbocycles. The molecule has 528 valence electrons. The Kier molecular flexibility index (Phi) is 50.3. The predicted molar refractivity (Wildman–Crippen MR) is 369 cm³/mol. The smallest absolute Gasteiger partial charge is 0.408 e. The first kappa shape index (κ1) is 84.1. The second kappa shape index (κ2) is 56.2. The molecule has 0 radical (unpaired) electrons. The zero-order chi connectivity index (χ0) is 68.7. The Balaban J connectivity index is 1.93. The molecule has 0 aromatic heterocycles. The van der Waals surface area contributed by atoms with E-state index in [0.29, 0.717) is 64.2 Å². The lowest BCUT2D eigenvalue weighted by atomic mass is 9.92. The monoisotopic (exact) mass is 1320 g/mol. The van der Waals surface area contributed by atoms with E-state index in [1.54, 1.807) is 6.92 Å². The average Bonchev–Trinajstić information content (AvgIpc) is 0.834. The van der Waals surface area contributed by atoms with E-state index in [2.05, 4.69) is 158 Å². The number of hydrogen-bond donors (Lipinski definition) is 7. The van der Waals surface area contributed by atoms with E-state index in [4.69, 9.17) is 33.2 Å². The Morgan fingerprint density at radius 3 is 1.40 bits per heavy atom. The van der Waals surface area contributed by atoms with E-state index in [1.165, 1.54) is 14.2 Å². The number of rotatable bonds is 52. The van der Waals surface area contributed by atoms with Crippen LogP contribution in [0.15, 0.2) is 146 Å². The fourth-order valence-electron chi connectivity index (χ4n) is 10.0. The highest BCUT2D eigenvalue weighted by atomic mass is 16.7. The first-order valence-corrected chi connectivity index (χ1v) is 34.3. The number of Topliss-reactive ketones (excluding diaryl/α,β-unsaturated/α-hetero) is 2. The number of amides is 2. The van der Waals surface area contributed by atoms with Crippen LogP contribution in [0.4, 0.5) is 4.79 Å². The minimum Gasteiger partial charge on any atom is -0.464 e. The van der Waals surface area contributed by atoms with Gasteiger partial charge in [0, 0.05) is 52.4 Å². The predicted octanol–water partition coefficient (Wildman–Crippen LogP) is 11.9. The second-order valence-corrected chi connectivity index (χ2v) is 23.2. The largest absolute Gasteiger partial charge is 0.464 e. The summed E-state index contributed by atoms with van der Waals surface area (Å²) in [6.07, 6.45) is 51.9. The Labute approximate surface area is 561 Å². The molecule has 19 heteroatoms. The highest BCUT2D eigenvalue weighted by molar-refractivity contribution is 5.87. The number of allylic oxidation sites excluding steroid dienone is 24. The molecule has 0 bridgehead atoms. The van der Waals surface area contributed by atoms with Crippen molar-refractivity contribution in [1.29, 1.82) is 0 Å². The highest BCUT2D eigenvalue weighted by Crippen LogP contribution is 2.28. The van der Waals surface area contributed by atoms with Crippen molar-refractivity contribution in [3.05, 3.63) is 146 Å². The minimum absolute atomic E-state index is 0.00118. The van der Waals surface area contributed by atoms with Crippen molar-refractivity contribution < 1.29 is 82.7 Å². The van der Waals surface area contributed by atoms with Gasteiger partial charge < -0.3 is 69.3 Å². The molecule has 2 amide bonds. The Hall–Kier alpha value is -5.97. The van der Waals surface area contributed by atoms with Crippen molar-refractivity contribution in [2.75, 3.05) is 40.6 Å². The zero-order valence-electron chi connectivity index (χ0n) is 56.9. The van der Waals surface area contributed by atoms with Crippen LogP contribution in [0.2, 0.25) is 0 Å². The van der Waals surface area contributed by atoms with Gasteiger partial charge in [-0.2, -0.15) is 0 Å². The van der Waals surface area contributed by atoms with Crippen molar-refractivity contribution in [3.8, 4) is 0 Å². The number of ether oxygens (including phenoxy) is 7. The van der Waals surface area contributed by atoms with Crippen LogP contribution in [0.1, 0.15) is 181 Å². The number of unbranched alkanes of at least 4 members (excludes halogenated alkanes) is 3. The summed E-state index contributed by atoms with van der Waals surface area (Å²) in [6, 6.07) is -1.23. The number of ketones is 2. The molecular weight excluding hydrogens is 1200 g/mol. The first-order valence-electron chi connectivity index (χ1n) is 34.3. The third kappa shape index (κ3) is 39.8. The molecule has 4 unspecified atom stereocenters. The minimum atomic E-state index is -1.75. The Morgan fingerprint density at radius 1 is 0.468 bits per heavy atom. The summed E-state index contributed by atoms with van der Waals surface area (Å²) in [7, 11) is 2.56. The van der Waals surface area contributed by atoms with E-state index >= 15 is 0 Å². The van der Waals surface area contributed by atoms with Crippen LogP contribution in [0.25, 0.3) is 0 Å². The van der Waals surface area contributed by atoms with Crippen LogP contribution >= 0.6 is 0 Å². The third-order valence-electron chi connectivity index (χ3n) is 15.3. The van der Waals surface area contributed by atoms with Gasteiger partial charge in [-0.25, -0.2) is 9.59 Å². The summed E-state index contributed by atoms with van der Waals surface area (Å²) in [6.45, 7) is 5.41. The molecule has 2 heterocycles. The van der Waals surface area contributed by atoms with Gasteiger partial charge in [0.2, 0.25) is 5.91 Å². The van der Waals surface area contributed by atoms with Gasteiger partial charge >= 0.3 is 12.1 Å². The van der Waals surface area contributed by atoms with Crippen LogP contribution in [0, 0.1) is 5.92 Å². The molecule has 0 aromatic carbocycles. The van der Waals surface area contributed by atoms with Gasteiger partial charge in [0.05, 0.1) is 19.8 Å². The molecular formula is C75H116N2O17. The number of hydrogen-bond acceptors (Lipinski definition) is 17. The van der Waals surface area contributed by atoms with Gasteiger partial charge in [0.1, 0.15) is 60.3 Å². The number of aliphatic hydroxyl groups is 5. The topological polar surface area (TPSA) is 275 Å². The zero-order valence-corrected chi connectivity index (χ0v) is 56.9. The second-order valence-electron chi connectivity index (χ2n) is 23.2. The van der Waals surface area contributed by atoms with Gasteiger partial charge in [-0.15, -0.1) is 0 Å². The van der Waals surface area contributed by atoms with Crippen molar-refractivity contribution in [1.82, 2.24) is 10.6 Å². The molecule has 0 saturated carbocycles. The number of esters is 1. The van der Waals surface area contributed by atoms with Crippen LogP contribution in [-0.2, 0) is 52.3 Å². The SMILES string of the molecule is CC/C=C\C/C=C\C/C=C\C/C=C\C/C=C\C/C=C\CCC(=O)CCCCC[C@H](CC(=O)CC/C=C\C/C=C\C/C=C\C/C=C\C/C=C\C/C=C\CC)C(=O)NCCCC[C@H](NC(=O)O[C@@H]1C(O)[C@@H](OC)OC(CO[C@H]2OC(COC)[C@@H](O)[C@H](O)C2O)[C@H]1O)C(=O)OCC. The number of carbonyl (C=O) groups is 5. The molecule has 0 aromatic rings. The van der Waals surface area contributed by atoms with Crippen molar-refractivity contribution in [3.63, 3.8) is 0 Å². The number of aliphatic hydroxyl groups excluding tert-OH is 5. The third-order valence-corrected chi connectivity index (χ3v) is 15.3. The van der Waals surface area contributed by atoms with Crippen molar-refractivity contribution in [2.45, 2.75) is 249 Å². The summed E-state index contributed by atoms with van der Waals surface area (Å²) in [5, 5.41) is 58.9. The van der Waals surface area contributed by atoms with Gasteiger partial charge in [-0.1, -0.05) is 173 Å². The van der Waals surface area contributed by atoms with Crippen molar-refractivity contribution >= 4 is 29.5 Å². The Morgan fingerprint density at radius 2 is 0.926 bits per heavy atom. The van der Waals surface area contributed by atoms with E-state index in [1.807, 2.05) is 12.2 Å². The molecule has 94 heavy (non-hydrogen) atoms. The van der Waals surface area contributed by atoms with Crippen LogP contribution in [-0.4, -0.2) is 163 Å². The van der Waals surface area contributed by atoms with Gasteiger partial charge in [0.15, 0.2) is 18.7 Å². The number of carbonyl (C=O) groups excluding carboxylic acids is 5. The lowest BCUT2D eigenvalue weighted by Crippen LogP contribution is -2.62. The maximum atomic E-state index is 13.8. The van der Waals surface area contributed by atoms with E-state index in [9.17, 15) is 49.5 Å². The maximum absolute atomic E-state index is 13.8. The van der Waals surface area contributed by atoms with Crippen LogP contribution in [0.3, 0.4) is 0 Å². The van der Waals surface area contributed by atoms with Crippen LogP contribution in [0.5, 0.6) is 0 Å². The molecule has 2 aliphatic rings. The fraction of sp³-hybridized carbons (Fsp3) is 0.613. The van der Waals surface area contributed by atoms with E-state index < -0.39 is 92.0 Å². The Bertz CT molecular complexity index is 2420. The van der Waals surface area contributed by atoms with Crippen molar-refractivity contribution in [2.24, 2.45) is 5.92 Å². The quantitative estimate of drug-likeness (QED) is 0.0169. The molecule has 2 aliphatic heterocycles. The summed E-state index contributed by atoms with van der Waals surface area (Å²) in [4.78, 5) is 66.4. The summed E-state index contributed by atoms with van der Waals surface area (Å²) in [5.41, 5.74) is 0. The average molecular weight is 1320 g/mol. The fourth-order valence-corrected chi connectivity index (χ4v) is 10.0. The lowest BCUT2D eigenvalue weighted by Gasteiger charge is -2.43. The lowest BCUT2D eigenvalue weighted by molar-refractivity contribution is -0.328. The molecule has 7 N–H and O–H groups in total. The standard InChI is InChI=1S/C75H116N2O17/c1-6-9-11-13-15-17-19-21-23-25-27-29-31-33-35-37-39-41-45-51-60(78)52-47-43-44-50-59(56-61(79)53-46-42-40-38-36-34-32-30-28-26-24-22-20-18-16-14-12-10-7-2)71(85)76-55-49-48-54-62(72(86)90-8-3)77-75(87)94-70-66(81)64(92-73(89-5)69(70)84)58-91-74-68(83)67(82)65(80)63(93-74)57-88-4/h9-12,15-18,21-24,27-30,33-36,39-42,59,62-70,73-74,80-84H,6-8,13-14,19-20,25-26,31-32,37-38,43-58H2,1-5H3,(H,76,85)(H,77,87)/b11-9-,12-10-,17-15-,18-16-,23-21-,24-22-,29-27-,30-28-,35-33-,36-34-,41-39-,42-40-/t59-,62+,63?,64?,65-,66-,67+,68?,69?,70+,73+,74+/m1/s1. The molecule has 12 atom stereocenters. The number of alkyl carbamates (subject to hydrolysis) is 1. The molecule has 2 saturated heterocycles.